The summed E-state index contributed by atoms with van der Waals surface area (Å²) in [6.45, 7) is 1.74. The molecule has 2 aromatic carbocycles. The largest absolute Gasteiger partial charge is 0.355 e. The number of hydrogen-bond acceptors (Lipinski definition) is 3. The first kappa shape index (κ1) is 17.1. The Kier molecular flexibility index (Phi) is 6.51. The fourth-order valence-corrected chi connectivity index (χ4v) is 2.71. The molecule has 0 aliphatic carbocycles. The summed E-state index contributed by atoms with van der Waals surface area (Å²) in [5.41, 5.74) is 2.45. The Morgan fingerprint density at radius 1 is 1.14 bits per heavy atom. The molecule has 116 valence electrons. The number of benzene rings is 2. The van der Waals surface area contributed by atoms with Crippen LogP contribution < -0.4 is 10.6 Å². The van der Waals surface area contributed by atoms with Gasteiger partial charge in [-0.15, -0.1) is 24.0 Å². The van der Waals surface area contributed by atoms with Crippen molar-refractivity contribution in [3.63, 3.8) is 0 Å². The second-order valence-corrected chi connectivity index (χ2v) is 5.54. The molecule has 3 nitrogen and oxygen atoms in total. The van der Waals surface area contributed by atoms with Gasteiger partial charge in [0, 0.05) is 11.6 Å². The maximum atomic E-state index is 6.09. The maximum absolute atomic E-state index is 6.09. The number of rotatable bonds is 4. The molecule has 0 saturated heterocycles. The average molecular weight is 428 g/mol. The molecule has 1 unspecified atom stereocenters. The Bertz CT molecular complexity index is 631. The number of hydrogen-bond donors (Lipinski definition) is 2. The van der Waals surface area contributed by atoms with Crippen LogP contribution in [0.15, 0.2) is 59.6 Å². The lowest BCUT2D eigenvalue weighted by Crippen LogP contribution is -2.37. The van der Waals surface area contributed by atoms with Crippen LogP contribution in [0, 0.1) is 0 Å². The van der Waals surface area contributed by atoms with Crippen LogP contribution >= 0.6 is 35.6 Å². The van der Waals surface area contributed by atoms with E-state index < -0.39 is 0 Å². The topological polar surface area (TPSA) is 36.4 Å². The Hall–Kier alpha value is -1.27. The van der Waals surface area contributed by atoms with E-state index in [1.165, 1.54) is 11.1 Å². The lowest BCUT2D eigenvalue weighted by Gasteiger charge is -2.20. The quantitative estimate of drug-likeness (QED) is 0.729. The van der Waals surface area contributed by atoms with Crippen LogP contribution in [-0.4, -0.2) is 19.0 Å². The molecule has 2 N–H and O–H groups in total. The summed E-state index contributed by atoms with van der Waals surface area (Å²) in [6, 6.07) is 18.6. The Morgan fingerprint density at radius 3 is 2.64 bits per heavy atom. The van der Waals surface area contributed by atoms with Crippen LogP contribution in [0.5, 0.6) is 0 Å². The molecule has 3 rings (SSSR count). The predicted octanol–water partition coefficient (Wildman–Crippen LogP) is 3.79. The second kappa shape index (κ2) is 8.39. The van der Waals surface area contributed by atoms with Gasteiger partial charge in [0.15, 0.2) is 5.96 Å². The lowest BCUT2D eigenvalue weighted by molar-refractivity contribution is 0.634. The van der Waals surface area contributed by atoms with Crippen molar-refractivity contribution >= 4 is 41.5 Å². The van der Waals surface area contributed by atoms with Gasteiger partial charge in [-0.2, -0.15) is 0 Å². The average Bonchev–Trinajstić information content (AvgIpc) is 3.01. The Balaban J connectivity index is 0.00000176. The Labute approximate surface area is 153 Å². The normalized spacial score (nSPS) is 14.5. The third-order valence-electron chi connectivity index (χ3n) is 3.52. The van der Waals surface area contributed by atoms with Crippen molar-refractivity contribution in [2.45, 2.75) is 12.5 Å². The van der Waals surface area contributed by atoms with Crippen molar-refractivity contribution in [2.24, 2.45) is 4.99 Å². The van der Waals surface area contributed by atoms with E-state index in [0.717, 1.165) is 30.5 Å². The molecule has 1 heterocycles. The van der Waals surface area contributed by atoms with Crippen molar-refractivity contribution in [3.05, 3.63) is 70.7 Å². The van der Waals surface area contributed by atoms with Crippen LogP contribution in [0.4, 0.5) is 0 Å². The minimum Gasteiger partial charge on any atom is -0.355 e. The van der Waals surface area contributed by atoms with E-state index in [9.17, 15) is 0 Å². The van der Waals surface area contributed by atoms with E-state index in [1.807, 2.05) is 24.3 Å². The Morgan fingerprint density at radius 2 is 1.95 bits per heavy atom. The fraction of sp³-hybridized carbons (Fsp3) is 0.235. The number of aliphatic imine (C=N–C) groups is 1. The number of halogens is 2. The molecule has 1 atom stereocenters. The highest BCUT2D eigenvalue weighted by molar-refractivity contribution is 14.0. The van der Waals surface area contributed by atoms with Crippen LogP contribution in [0.25, 0.3) is 0 Å². The van der Waals surface area contributed by atoms with Gasteiger partial charge in [0.1, 0.15) is 0 Å². The van der Waals surface area contributed by atoms with Crippen LogP contribution in [0.3, 0.4) is 0 Å². The zero-order valence-electron chi connectivity index (χ0n) is 12.1. The highest BCUT2D eigenvalue weighted by Gasteiger charge is 2.15. The minimum atomic E-state index is 0. The summed E-state index contributed by atoms with van der Waals surface area (Å²) in [7, 11) is 0. The van der Waals surface area contributed by atoms with Gasteiger partial charge in [-0.05, 0) is 29.7 Å². The maximum Gasteiger partial charge on any atom is 0.191 e. The summed E-state index contributed by atoms with van der Waals surface area (Å²) in [5, 5.41) is 7.54. The van der Waals surface area contributed by atoms with E-state index in [4.69, 9.17) is 11.6 Å². The smallest absolute Gasteiger partial charge is 0.191 e. The van der Waals surface area contributed by atoms with Crippen LogP contribution in [0.2, 0.25) is 5.02 Å². The van der Waals surface area contributed by atoms with Crippen molar-refractivity contribution in [2.75, 3.05) is 13.1 Å². The van der Waals surface area contributed by atoms with Crippen molar-refractivity contribution in [3.8, 4) is 0 Å². The first-order valence-corrected chi connectivity index (χ1v) is 7.53. The zero-order chi connectivity index (χ0) is 14.5. The van der Waals surface area contributed by atoms with Gasteiger partial charge < -0.3 is 10.6 Å². The second-order valence-electron chi connectivity index (χ2n) is 5.10. The van der Waals surface area contributed by atoms with E-state index >= 15 is 0 Å². The van der Waals surface area contributed by atoms with Crippen LogP contribution in [0.1, 0.15) is 17.2 Å². The zero-order valence-corrected chi connectivity index (χ0v) is 15.2. The molecular weight excluding hydrogens is 409 g/mol. The molecule has 0 fully saturated rings. The fourth-order valence-electron chi connectivity index (χ4n) is 2.50. The molecule has 22 heavy (non-hydrogen) atoms. The monoisotopic (exact) mass is 427 g/mol. The molecule has 5 heteroatoms. The molecular formula is C17H19ClIN3. The molecule has 0 amide bonds. The third-order valence-corrected chi connectivity index (χ3v) is 3.75. The summed E-state index contributed by atoms with van der Waals surface area (Å²) in [6.07, 6.45) is 0.866. The molecule has 0 saturated carbocycles. The van der Waals surface area contributed by atoms with E-state index in [-0.39, 0.29) is 30.0 Å². The van der Waals surface area contributed by atoms with Gasteiger partial charge >= 0.3 is 0 Å². The van der Waals surface area contributed by atoms with Crippen LogP contribution in [-0.2, 0) is 6.42 Å². The summed E-state index contributed by atoms with van der Waals surface area (Å²) in [5.74, 6) is 0.880. The minimum absolute atomic E-state index is 0. The van der Waals surface area contributed by atoms with E-state index in [2.05, 4.69) is 46.0 Å². The van der Waals surface area contributed by atoms with Gasteiger partial charge in [0.05, 0.1) is 12.6 Å². The first-order valence-electron chi connectivity index (χ1n) is 7.15. The van der Waals surface area contributed by atoms with Gasteiger partial charge in [-0.1, -0.05) is 54.1 Å². The third kappa shape index (κ3) is 4.61. The molecule has 2 aromatic rings. The number of guanidine groups is 1. The van der Waals surface area contributed by atoms with Gasteiger partial charge in [0.25, 0.3) is 0 Å². The van der Waals surface area contributed by atoms with Crippen molar-refractivity contribution in [1.82, 2.24) is 10.6 Å². The van der Waals surface area contributed by atoms with E-state index in [0.29, 0.717) is 0 Å². The highest BCUT2D eigenvalue weighted by Crippen LogP contribution is 2.20. The molecule has 0 spiro atoms. The van der Waals surface area contributed by atoms with Gasteiger partial charge in [-0.25, -0.2) is 0 Å². The molecule has 0 bridgehead atoms. The summed E-state index contributed by atoms with van der Waals surface area (Å²) >= 11 is 6.09. The predicted molar refractivity (Wildman–Crippen MR) is 103 cm³/mol. The van der Waals surface area contributed by atoms with Gasteiger partial charge in [-0.3, -0.25) is 4.99 Å². The van der Waals surface area contributed by atoms with Crippen molar-refractivity contribution < 1.29 is 0 Å². The summed E-state index contributed by atoms with van der Waals surface area (Å²) in [4.78, 5) is 4.43. The highest BCUT2D eigenvalue weighted by atomic mass is 127. The molecule has 0 radical (unpaired) electrons. The van der Waals surface area contributed by atoms with Gasteiger partial charge in [0.2, 0.25) is 0 Å². The molecule has 1 aliphatic heterocycles. The lowest BCUT2D eigenvalue weighted by atomic mass is 9.99. The first-order chi connectivity index (χ1) is 10.3. The SMILES string of the molecule is Clc1cccc(CC(NC2=NCCN2)c2ccccc2)c1.I. The summed E-state index contributed by atoms with van der Waals surface area (Å²) < 4.78 is 0. The van der Waals surface area contributed by atoms with E-state index in [1.54, 1.807) is 0 Å². The number of nitrogens with zero attached hydrogens (tertiary/aromatic N) is 1. The standard InChI is InChI=1S/C17H18ClN3.HI/c18-15-8-4-5-13(11-15)12-16(14-6-2-1-3-7-14)21-17-19-9-10-20-17;/h1-8,11,16H,9-10,12H2,(H2,19,20,21);1H. The van der Waals surface area contributed by atoms with Crippen molar-refractivity contribution in [1.29, 1.82) is 0 Å². The molecule has 1 aliphatic rings. The number of nitrogens with one attached hydrogen (secondary N) is 2. The molecule has 0 aromatic heterocycles.